The van der Waals surface area contributed by atoms with Gasteiger partial charge >= 0.3 is 6.03 Å². The number of ether oxygens (including phenoxy) is 1. The number of amides is 3. The fourth-order valence-electron chi connectivity index (χ4n) is 4.10. The Morgan fingerprint density at radius 2 is 1.89 bits per heavy atom. The van der Waals surface area contributed by atoms with E-state index in [1.165, 1.54) is 4.90 Å². The van der Waals surface area contributed by atoms with Gasteiger partial charge in [0, 0.05) is 46.8 Å². The highest BCUT2D eigenvalue weighted by atomic mass is 35.5. The maximum atomic E-state index is 12.9. The minimum Gasteiger partial charge on any atom is -0.483 e. The first-order chi connectivity index (χ1) is 17.7. The van der Waals surface area contributed by atoms with Crippen LogP contribution in [0.25, 0.3) is 0 Å². The smallest absolute Gasteiger partial charge is 0.312 e. The van der Waals surface area contributed by atoms with E-state index >= 15 is 0 Å². The highest BCUT2D eigenvalue weighted by molar-refractivity contribution is 6.35. The lowest BCUT2D eigenvalue weighted by atomic mass is 10.1. The minimum absolute atomic E-state index is 0. The number of likely N-dealkylation sites (N-methyl/N-ethyl adjacent to an activating group) is 1. The lowest BCUT2D eigenvalue weighted by molar-refractivity contribution is -0.127. The van der Waals surface area contributed by atoms with Crippen LogP contribution in [0.1, 0.15) is 18.1 Å². The number of carbonyl (C=O) groups excluding carboxylic acids is 2. The summed E-state index contributed by atoms with van der Waals surface area (Å²) in [6, 6.07) is 13.8. The summed E-state index contributed by atoms with van der Waals surface area (Å²) in [4.78, 5) is 29.4. The Balaban J connectivity index is 0.00000400. The van der Waals surface area contributed by atoms with E-state index in [0.717, 1.165) is 11.4 Å². The summed E-state index contributed by atoms with van der Waals surface area (Å²) in [5, 5.41) is 12.7. The number of nitrogens with zero attached hydrogens (tertiary/aromatic N) is 4. The molecule has 4 rings (SSSR count). The number of benzene rings is 2. The number of primary amides is 1. The van der Waals surface area contributed by atoms with E-state index in [1.807, 2.05) is 35.1 Å². The molecule has 0 fully saturated rings. The summed E-state index contributed by atoms with van der Waals surface area (Å²) in [7, 11) is 1.59. The maximum Gasteiger partial charge on any atom is 0.312 e. The average molecular weight is 576 g/mol. The van der Waals surface area contributed by atoms with Crippen LogP contribution in [-0.2, 0) is 16.1 Å². The van der Waals surface area contributed by atoms with Crippen LogP contribution in [0.2, 0.25) is 10.0 Å². The predicted molar refractivity (Wildman–Crippen MR) is 148 cm³/mol. The molecule has 2 aromatic carbocycles. The molecule has 198 valence electrons. The summed E-state index contributed by atoms with van der Waals surface area (Å²) in [5.41, 5.74) is 8.39. The van der Waals surface area contributed by atoms with Crippen molar-refractivity contribution in [2.45, 2.75) is 13.5 Å². The lowest BCUT2D eigenvalue weighted by Crippen LogP contribution is -2.42. The van der Waals surface area contributed by atoms with Gasteiger partial charge in [-0.2, -0.15) is 5.26 Å². The SMILES string of the molecule is CC1=CN2CC=C(N(C)C(=O)CNC(N)=O)C(OCc3c(Cl)cccc3Cl)=C2N1c1cccc(C#N)c1.Cl. The van der Waals surface area contributed by atoms with E-state index in [9.17, 15) is 14.9 Å². The number of carbonyl (C=O) groups is 2. The Bertz CT molecular complexity index is 1380. The molecule has 0 atom stereocenters. The number of anilines is 1. The van der Waals surface area contributed by atoms with Crippen molar-refractivity contribution in [2.24, 2.45) is 5.73 Å². The molecule has 0 aliphatic carbocycles. The summed E-state index contributed by atoms with van der Waals surface area (Å²) >= 11 is 12.8. The zero-order chi connectivity index (χ0) is 26.7. The third-order valence-electron chi connectivity index (χ3n) is 5.90. The zero-order valence-corrected chi connectivity index (χ0v) is 22.9. The Morgan fingerprint density at radius 3 is 2.55 bits per heavy atom. The van der Waals surface area contributed by atoms with Gasteiger partial charge in [-0.3, -0.25) is 9.69 Å². The van der Waals surface area contributed by atoms with E-state index in [0.29, 0.717) is 45.0 Å². The molecule has 2 aromatic rings. The number of nitrogens with one attached hydrogen (secondary N) is 1. The Morgan fingerprint density at radius 1 is 1.21 bits per heavy atom. The van der Waals surface area contributed by atoms with Gasteiger partial charge < -0.3 is 25.6 Å². The molecule has 0 saturated heterocycles. The molecule has 0 radical (unpaired) electrons. The third-order valence-corrected chi connectivity index (χ3v) is 6.61. The highest BCUT2D eigenvalue weighted by Gasteiger charge is 2.36. The molecule has 2 heterocycles. The number of hydrogen-bond donors (Lipinski definition) is 2. The monoisotopic (exact) mass is 574 g/mol. The van der Waals surface area contributed by atoms with Crippen LogP contribution < -0.4 is 16.0 Å². The number of hydrogen-bond acceptors (Lipinski definition) is 6. The van der Waals surface area contributed by atoms with Crippen molar-refractivity contribution in [1.29, 1.82) is 5.26 Å². The van der Waals surface area contributed by atoms with Gasteiger partial charge in [0.15, 0.2) is 11.6 Å². The molecule has 2 aliphatic rings. The fourth-order valence-corrected chi connectivity index (χ4v) is 4.61. The molecule has 12 heteroatoms. The molecule has 9 nitrogen and oxygen atoms in total. The number of fused-ring (bicyclic) bond motifs is 1. The van der Waals surface area contributed by atoms with Crippen LogP contribution >= 0.6 is 35.6 Å². The van der Waals surface area contributed by atoms with Crippen LogP contribution in [-0.4, -0.2) is 41.9 Å². The van der Waals surface area contributed by atoms with Crippen molar-refractivity contribution in [1.82, 2.24) is 15.1 Å². The van der Waals surface area contributed by atoms with Crippen LogP contribution in [0.15, 0.2) is 77.7 Å². The van der Waals surface area contributed by atoms with E-state index in [2.05, 4.69) is 11.4 Å². The molecule has 0 bridgehead atoms. The van der Waals surface area contributed by atoms with E-state index in [-0.39, 0.29) is 25.6 Å². The van der Waals surface area contributed by atoms with E-state index in [1.54, 1.807) is 43.4 Å². The van der Waals surface area contributed by atoms with Gasteiger partial charge in [-0.25, -0.2) is 4.79 Å². The van der Waals surface area contributed by atoms with Crippen LogP contribution in [0, 0.1) is 11.3 Å². The van der Waals surface area contributed by atoms with Crippen molar-refractivity contribution >= 4 is 53.2 Å². The quantitative estimate of drug-likeness (QED) is 0.495. The zero-order valence-electron chi connectivity index (χ0n) is 20.6. The number of nitriles is 1. The van der Waals surface area contributed by atoms with E-state index in [4.69, 9.17) is 33.7 Å². The molecule has 0 spiro atoms. The first-order valence-corrected chi connectivity index (χ1v) is 12.0. The molecule has 38 heavy (non-hydrogen) atoms. The maximum absolute atomic E-state index is 12.9. The summed E-state index contributed by atoms with van der Waals surface area (Å²) in [5.74, 6) is 0.667. The summed E-state index contributed by atoms with van der Waals surface area (Å²) in [6.45, 7) is 2.15. The molecule has 0 saturated carbocycles. The minimum atomic E-state index is -0.798. The highest BCUT2D eigenvalue weighted by Crippen LogP contribution is 2.40. The van der Waals surface area contributed by atoms with Crippen molar-refractivity contribution in [3.63, 3.8) is 0 Å². The first-order valence-electron chi connectivity index (χ1n) is 11.3. The van der Waals surface area contributed by atoms with E-state index < -0.39 is 11.9 Å². The Hall–Kier alpha value is -3.84. The number of allylic oxidation sites excluding steroid dienone is 1. The van der Waals surface area contributed by atoms with Gasteiger partial charge in [0.2, 0.25) is 5.91 Å². The van der Waals surface area contributed by atoms with Gasteiger partial charge in [0.1, 0.15) is 6.61 Å². The molecule has 2 aliphatic heterocycles. The molecule has 3 amide bonds. The predicted octanol–water partition coefficient (Wildman–Crippen LogP) is 4.68. The molecule has 0 unspecified atom stereocenters. The summed E-state index contributed by atoms with van der Waals surface area (Å²) < 4.78 is 6.37. The van der Waals surface area contributed by atoms with Crippen molar-refractivity contribution in [3.05, 3.63) is 98.9 Å². The van der Waals surface area contributed by atoms with Crippen LogP contribution in [0.4, 0.5) is 10.5 Å². The number of nitrogens with two attached hydrogens (primary N) is 1. The van der Waals surface area contributed by atoms with Gasteiger partial charge in [-0.05, 0) is 43.3 Å². The Labute approximate surface area is 236 Å². The topological polar surface area (TPSA) is 115 Å². The van der Waals surface area contributed by atoms with Crippen LogP contribution in [0.3, 0.4) is 0 Å². The number of urea groups is 1. The third kappa shape index (κ3) is 5.83. The average Bonchev–Trinajstić information content (AvgIpc) is 3.22. The summed E-state index contributed by atoms with van der Waals surface area (Å²) in [6.07, 6.45) is 3.82. The van der Waals surface area contributed by atoms with Crippen LogP contribution in [0.5, 0.6) is 0 Å². The first kappa shape index (κ1) is 28.7. The fraction of sp³-hybridized carbons (Fsp3) is 0.192. The largest absolute Gasteiger partial charge is 0.483 e. The van der Waals surface area contributed by atoms with Gasteiger partial charge in [0.05, 0.1) is 23.9 Å². The lowest BCUT2D eigenvalue weighted by Gasteiger charge is -2.34. The Kier molecular flexibility index (Phi) is 9.17. The second-order valence-corrected chi connectivity index (χ2v) is 9.14. The number of halogens is 3. The molecular formula is C26H25Cl3N6O3. The van der Waals surface area contributed by atoms with Gasteiger partial charge in [-0.15, -0.1) is 12.4 Å². The molecular weight excluding hydrogens is 551 g/mol. The second kappa shape index (κ2) is 12.1. The second-order valence-electron chi connectivity index (χ2n) is 8.32. The van der Waals surface area contributed by atoms with Gasteiger partial charge in [-0.1, -0.05) is 35.3 Å². The molecule has 0 aromatic heterocycles. The number of rotatable bonds is 7. The van der Waals surface area contributed by atoms with Crippen molar-refractivity contribution in [3.8, 4) is 6.07 Å². The van der Waals surface area contributed by atoms with Crippen molar-refractivity contribution in [2.75, 3.05) is 25.0 Å². The van der Waals surface area contributed by atoms with Gasteiger partial charge in [0.25, 0.3) is 0 Å². The standard InChI is InChI=1S/C26H24Cl2N6O3.ClH/c1-16-14-33-10-9-22(32(2)23(35)13-31-26(30)36)24(37-15-19-20(27)7-4-8-21(19)28)25(33)34(16)18-6-3-5-17(11-18)12-29;/h3-9,11,14H,10,13,15H2,1-2H3,(H3,30,31,36);1H. The normalized spacial score (nSPS) is 14.1. The molecule has 3 N–H and O–H groups in total. The van der Waals surface area contributed by atoms with Crippen molar-refractivity contribution < 1.29 is 14.3 Å².